The number of benzene rings is 1. The van der Waals surface area contributed by atoms with Crippen LogP contribution < -0.4 is 10.1 Å². The number of carbonyl (C=O) groups is 1. The number of nitrogens with one attached hydrogen (secondary N) is 1. The molecule has 2 unspecified atom stereocenters. The predicted octanol–water partition coefficient (Wildman–Crippen LogP) is 5.54. The molecule has 0 saturated carbocycles. The lowest BCUT2D eigenvalue weighted by Crippen LogP contribution is -2.51. The Kier molecular flexibility index (Phi) is 8.00. The second kappa shape index (κ2) is 10.6. The van der Waals surface area contributed by atoms with E-state index in [2.05, 4.69) is 20.3 Å². The normalized spacial score (nSPS) is 13.7. The Morgan fingerprint density at radius 2 is 1.80 bits per heavy atom. The first-order chi connectivity index (χ1) is 16.3. The van der Waals surface area contributed by atoms with Crippen molar-refractivity contribution < 1.29 is 22.7 Å². The number of nitrogens with zero attached hydrogens (tertiary/aromatic N) is 3. The van der Waals surface area contributed by atoms with Gasteiger partial charge in [0.25, 0.3) is 5.91 Å². The number of hydrogen-bond acceptors (Lipinski definition) is 5. The Labute approximate surface area is 206 Å². The zero-order chi connectivity index (χ0) is 25.8. The summed E-state index contributed by atoms with van der Waals surface area (Å²) in [6, 6.07) is 9.78. The molecule has 2 atom stereocenters. The highest BCUT2D eigenvalue weighted by atomic mass is 35.5. The maximum Gasteiger partial charge on any atom is 0.433 e. The first kappa shape index (κ1) is 26.4. The van der Waals surface area contributed by atoms with Crippen LogP contribution in [0.25, 0.3) is 0 Å². The molecular weight excluding hydrogens is 481 g/mol. The van der Waals surface area contributed by atoms with Crippen molar-refractivity contribution in [1.82, 2.24) is 20.3 Å². The van der Waals surface area contributed by atoms with E-state index in [4.69, 9.17) is 16.3 Å². The van der Waals surface area contributed by atoms with Crippen LogP contribution in [-0.2, 0) is 17.4 Å². The maximum atomic E-state index is 13.1. The molecule has 0 saturated heterocycles. The number of hydrogen-bond donors (Lipinski definition) is 1. The molecule has 0 bridgehead atoms. The fourth-order valence-electron chi connectivity index (χ4n) is 3.58. The van der Waals surface area contributed by atoms with Crippen molar-refractivity contribution in [2.24, 2.45) is 0 Å². The number of carbonyl (C=O) groups excluding carboxylic acids is 1. The van der Waals surface area contributed by atoms with Gasteiger partial charge >= 0.3 is 6.18 Å². The van der Waals surface area contributed by atoms with Gasteiger partial charge in [-0.2, -0.15) is 13.2 Å². The quantitative estimate of drug-likeness (QED) is 0.434. The minimum atomic E-state index is -4.65. The van der Waals surface area contributed by atoms with Crippen LogP contribution in [0, 0.1) is 6.92 Å². The van der Waals surface area contributed by atoms with Gasteiger partial charge in [-0.1, -0.05) is 29.8 Å². The molecule has 1 aromatic carbocycles. The summed E-state index contributed by atoms with van der Waals surface area (Å²) in [4.78, 5) is 24.4. The average molecular weight is 507 g/mol. The Balaban J connectivity index is 1.79. The second-order valence-electron chi connectivity index (χ2n) is 8.85. The Hall–Kier alpha value is -3.20. The van der Waals surface area contributed by atoms with Gasteiger partial charge in [0.2, 0.25) is 5.88 Å². The van der Waals surface area contributed by atoms with Crippen molar-refractivity contribution in [2.45, 2.75) is 57.9 Å². The molecule has 2 aromatic heterocycles. The third-order valence-electron chi connectivity index (χ3n) is 5.49. The van der Waals surface area contributed by atoms with Crippen LogP contribution in [0.1, 0.15) is 49.1 Å². The third-order valence-corrected chi connectivity index (χ3v) is 5.75. The van der Waals surface area contributed by atoms with Crippen LogP contribution in [0.15, 0.2) is 55.1 Å². The van der Waals surface area contributed by atoms with Crippen molar-refractivity contribution in [3.63, 3.8) is 0 Å². The number of ether oxygens (including phenoxy) is 1. The monoisotopic (exact) mass is 506 g/mol. The number of rotatable bonds is 8. The van der Waals surface area contributed by atoms with Gasteiger partial charge in [0.15, 0.2) is 11.3 Å². The van der Waals surface area contributed by atoms with Crippen molar-refractivity contribution in [1.29, 1.82) is 0 Å². The molecule has 1 amide bonds. The van der Waals surface area contributed by atoms with E-state index in [0.29, 0.717) is 17.5 Å². The molecule has 0 spiro atoms. The van der Waals surface area contributed by atoms with E-state index in [1.165, 1.54) is 13.8 Å². The predicted molar refractivity (Wildman–Crippen MR) is 126 cm³/mol. The molecule has 0 fully saturated rings. The van der Waals surface area contributed by atoms with Crippen molar-refractivity contribution in [2.75, 3.05) is 0 Å². The van der Waals surface area contributed by atoms with Gasteiger partial charge < -0.3 is 10.1 Å². The minimum Gasteiger partial charge on any atom is -0.461 e. The molecule has 3 aromatic rings. The van der Waals surface area contributed by atoms with Gasteiger partial charge in [-0.3, -0.25) is 9.78 Å². The minimum absolute atomic E-state index is 0.140. The Morgan fingerprint density at radius 1 is 1.11 bits per heavy atom. The first-order valence-electron chi connectivity index (χ1n) is 10.9. The highest BCUT2D eigenvalue weighted by molar-refractivity contribution is 6.30. The summed E-state index contributed by atoms with van der Waals surface area (Å²) in [5, 5.41) is 3.58. The standard InChI is InChI=1S/C25H26ClF3N4O2/c1-15-9-18(13-30-12-15)20(10-17-5-7-19(26)8-6-17)16(2)33-23(34)24(3,4)35-22-11-21(25(27,28)29)31-14-32-22/h5-9,11-14,16,20H,10H2,1-4H3,(H,33,34). The number of halogens is 4. The molecule has 0 aliphatic carbocycles. The van der Waals surface area contributed by atoms with Crippen LogP contribution in [-0.4, -0.2) is 32.5 Å². The van der Waals surface area contributed by atoms with E-state index in [0.717, 1.165) is 23.0 Å². The van der Waals surface area contributed by atoms with Crippen LogP contribution in [0.5, 0.6) is 5.88 Å². The largest absolute Gasteiger partial charge is 0.461 e. The third kappa shape index (κ3) is 7.14. The van der Waals surface area contributed by atoms with Gasteiger partial charge in [-0.15, -0.1) is 0 Å². The summed E-state index contributed by atoms with van der Waals surface area (Å²) in [7, 11) is 0. The fourth-order valence-corrected chi connectivity index (χ4v) is 3.70. The highest BCUT2D eigenvalue weighted by Crippen LogP contribution is 2.30. The van der Waals surface area contributed by atoms with E-state index >= 15 is 0 Å². The van der Waals surface area contributed by atoms with Crippen LogP contribution >= 0.6 is 11.6 Å². The van der Waals surface area contributed by atoms with Gasteiger partial charge in [0, 0.05) is 35.4 Å². The summed E-state index contributed by atoms with van der Waals surface area (Å²) in [5.74, 6) is -0.987. The molecule has 0 aliphatic heterocycles. The lowest BCUT2D eigenvalue weighted by Gasteiger charge is -2.30. The summed E-state index contributed by atoms with van der Waals surface area (Å²) in [5.41, 5.74) is 0.300. The molecule has 35 heavy (non-hydrogen) atoms. The zero-order valence-electron chi connectivity index (χ0n) is 19.7. The van der Waals surface area contributed by atoms with E-state index in [1.54, 1.807) is 24.5 Å². The summed E-state index contributed by atoms with van der Waals surface area (Å²) in [6.45, 7) is 6.73. The first-order valence-corrected chi connectivity index (χ1v) is 11.3. The number of amides is 1. The number of alkyl halides is 3. The summed E-state index contributed by atoms with van der Waals surface area (Å²) in [6.07, 6.45) is 0.212. The SMILES string of the molecule is Cc1cncc(C(Cc2ccc(Cl)cc2)C(C)NC(=O)C(C)(C)Oc2cc(C(F)(F)F)ncn2)c1. The van der Waals surface area contributed by atoms with Crippen LogP contribution in [0.2, 0.25) is 5.02 Å². The Morgan fingerprint density at radius 3 is 2.43 bits per heavy atom. The number of aromatic nitrogens is 3. The van der Waals surface area contributed by atoms with Crippen LogP contribution in [0.4, 0.5) is 13.2 Å². The Bertz CT molecular complexity index is 1170. The molecule has 186 valence electrons. The van der Waals surface area contributed by atoms with Crippen LogP contribution in [0.3, 0.4) is 0 Å². The molecule has 6 nitrogen and oxygen atoms in total. The summed E-state index contributed by atoms with van der Waals surface area (Å²) >= 11 is 6.02. The van der Waals surface area contributed by atoms with Gasteiger partial charge in [-0.05, 0) is 62.9 Å². The van der Waals surface area contributed by atoms with Crippen molar-refractivity contribution in [3.05, 3.63) is 82.5 Å². The molecule has 0 radical (unpaired) electrons. The molecule has 0 aliphatic rings. The average Bonchev–Trinajstić information content (AvgIpc) is 2.78. The zero-order valence-corrected chi connectivity index (χ0v) is 20.5. The molecule has 10 heteroatoms. The lowest BCUT2D eigenvalue weighted by molar-refractivity contribution is -0.141. The van der Waals surface area contributed by atoms with E-state index < -0.39 is 23.4 Å². The van der Waals surface area contributed by atoms with Crippen molar-refractivity contribution >= 4 is 17.5 Å². The van der Waals surface area contributed by atoms with E-state index in [1.807, 2.05) is 32.0 Å². The lowest BCUT2D eigenvalue weighted by atomic mass is 9.86. The number of pyridine rings is 1. The van der Waals surface area contributed by atoms with Crippen molar-refractivity contribution in [3.8, 4) is 5.88 Å². The molecule has 2 heterocycles. The van der Waals surface area contributed by atoms with Gasteiger partial charge in [0.05, 0.1) is 0 Å². The maximum absolute atomic E-state index is 13.1. The number of aryl methyl sites for hydroxylation is 1. The topological polar surface area (TPSA) is 77.0 Å². The highest BCUT2D eigenvalue weighted by Gasteiger charge is 2.36. The molecular formula is C25H26ClF3N4O2. The smallest absolute Gasteiger partial charge is 0.433 e. The molecule has 1 N–H and O–H groups in total. The summed E-state index contributed by atoms with van der Waals surface area (Å²) < 4.78 is 44.5. The van der Waals surface area contributed by atoms with E-state index in [-0.39, 0.29) is 17.8 Å². The fraction of sp³-hybridized carbons (Fsp3) is 0.360. The molecule has 3 rings (SSSR count). The van der Waals surface area contributed by atoms with Gasteiger partial charge in [-0.25, -0.2) is 9.97 Å². The second-order valence-corrected chi connectivity index (χ2v) is 9.28. The van der Waals surface area contributed by atoms with Gasteiger partial charge in [0.1, 0.15) is 6.33 Å². The van der Waals surface area contributed by atoms with E-state index in [9.17, 15) is 18.0 Å².